The van der Waals surface area contributed by atoms with Crippen LogP contribution in [0.15, 0.2) is 66.4 Å². The monoisotopic (exact) mass is 585 g/mol. The molecule has 1 aliphatic rings. The van der Waals surface area contributed by atoms with Gasteiger partial charge in [-0.15, -0.1) is 0 Å². The van der Waals surface area contributed by atoms with E-state index >= 15 is 0 Å². The van der Waals surface area contributed by atoms with E-state index in [2.05, 4.69) is 5.32 Å². The first kappa shape index (κ1) is 29.1. The molecule has 10 heteroatoms. The van der Waals surface area contributed by atoms with Crippen LogP contribution in [-0.2, 0) is 20.9 Å². The van der Waals surface area contributed by atoms with Gasteiger partial charge in [-0.05, 0) is 79.9 Å². The molecule has 3 aromatic carbocycles. The molecule has 0 spiro atoms. The molecule has 0 fully saturated rings. The summed E-state index contributed by atoms with van der Waals surface area (Å²) in [7, 11) is 1.23. The topological polar surface area (TPSA) is 92.3 Å². The number of esters is 1. The third-order valence-electron chi connectivity index (χ3n) is 5.62. The van der Waals surface area contributed by atoms with Crippen molar-refractivity contribution in [2.24, 2.45) is 0 Å². The molecule has 1 N–H and O–H groups in total. The van der Waals surface area contributed by atoms with E-state index in [1.165, 1.54) is 13.2 Å². The van der Waals surface area contributed by atoms with Crippen molar-refractivity contribution in [3.05, 3.63) is 93.1 Å². The second kappa shape index (κ2) is 12.5. The zero-order chi connectivity index (χ0) is 28.9. The largest absolute Gasteiger partial charge is 0.489 e. The van der Waals surface area contributed by atoms with Gasteiger partial charge in [-0.1, -0.05) is 47.5 Å². The summed E-state index contributed by atoms with van der Waals surface area (Å²) in [5.41, 5.74) is 1.63. The van der Waals surface area contributed by atoms with Crippen LogP contribution in [-0.4, -0.2) is 31.4 Å². The summed E-state index contributed by atoms with van der Waals surface area (Å²) in [6.45, 7) is 5.82. The number of carbonyl (C=O) groups excluding carboxylic acids is 2. The molecule has 0 bridgehead atoms. The lowest BCUT2D eigenvalue weighted by atomic mass is 10.1. The summed E-state index contributed by atoms with van der Waals surface area (Å²) >= 11 is 12.0. The molecule has 1 aliphatic heterocycles. The summed E-state index contributed by atoms with van der Waals surface area (Å²) in [6, 6.07) is 18.1. The number of hydrogen-bond donors (Lipinski definition) is 1. The number of rotatable bonds is 7. The molecule has 4 rings (SSSR count). The molecule has 8 nitrogen and oxygen atoms in total. The summed E-state index contributed by atoms with van der Waals surface area (Å²) in [6.07, 6.45) is 0.384. The fourth-order valence-electron chi connectivity index (χ4n) is 3.75. The number of halogens is 2. The molecule has 0 saturated carbocycles. The van der Waals surface area contributed by atoms with Gasteiger partial charge in [0.1, 0.15) is 30.3 Å². The number of benzene rings is 3. The molecule has 1 heterocycles. The first-order valence-electron chi connectivity index (χ1n) is 12.4. The maximum absolute atomic E-state index is 12.2. The van der Waals surface area contributed by atoms with Gasteiger partial charge in [-0.25, -0.2) is 9.59 Å². The predicted molar refractivity (Wildman–Crippen MR) is 152 cm³/mol. The van der Waals surface area contributed by atoms with Crippen LogP contribution in [0.25, 0.3) is 6.08 Å². The van der Waals surface area contributed by atoms with Crippen molar-refractivity contribution in [3.63, 3.8) is 0 Å². The Bertz CT molecular complexity index is 1410. The van der Waals surface area contributed by atoms with Crippen molar-refractivity contribution in [1.82, 2.24) is 5.32 Å². The van der Waals surface area contributed by atoms with Crippen molar-refractivity contribution >= 4 is 41.3 Å². The van der Waals surface area contributed by atoms with E-state index in [1.807, 2.05) is 30.3 Å². The highest BCUT2D eigenvalue weighted by molar-refractivity contribution is 6.42. The number of methoxy groups -OCH3 is 1. The van der Waals surface area contributed by atoms with E-state index in [0.29, 0.717) is 39.5 Å². The Hall–Kier alpha value is -3.88. The minimum atomic E-state index is -0.768. The average Bonchev–Trinajstić information content (AvgIpc) is 2.92. The third kappa shape index (κ3) is 7.83. The van der Waals surface area contributed by atoms with Gasteiger partial charge < -0.3 is 23.7 Å². The lowest BCUT2D eigenvalue weighted by Crippen LogP contribution is -2.34. The van der Waals surface area contributed by atoms with Crippen LogP contribution >= 0.6 is 23.2 Å². The second-order valence-electron chi connectivity index (χ2n) is 9.91. The number of alkyl carbamates (subject to hydrolysis) is 1. The quantitative estimate of drug-likeness (QED) is 0.233. The Morgan fingerprint density at radius 1 is 1.00 bits per heavy atom. The molecule has 1 amide bonds. The van der Waals surface area contributed by atoms with E-state index in [4.69, 9.17) is 46.9 Å². The molecule has 0 aromatic heterocycles. The average molecular weight is 586 g/mol. The molecule has 0 unspecified atom stereocenters. The van der Waals surface area contributed by atoms with E-state index in [-0.39, 0.29) is 18.4 Å². The van der Waals surface area contributed by atoms with Crippen LogP contribution in [0.5, 0.6) is 17.2 Å². The van der Waals surface area contributed by atoms with Gasteiger partial charge in [-0.2, -0.15) is 0 Å². The zero-order valence-corrected chi connectivity index (χ0v) is 24.0. The summed E-state index contributed by atoms with van der Waals surface area (Å²) in [4.78, 5) is 24.4. The highest BCUT2D eigenvalue weighted by Gasteiger charge is 2.24. The lowest BCUT2D eigenvalue weighted by molar-refractivity contribution is -0.136. The highest BCUT2D eigenvalue weighted by atomic mass is 35.5. The van der Waals surface area contributed by atoms with Crippen molar-refractivity contribution < 1.29 is 33.3 Å². The Morgan fingerprint density at radius 3 is 2.42 bits per heavy atom. The molecule has 0 aliphatic carbocycles. The molecule has 210 valence electrons. The molecule has 3 aromatic rings. The van der Waals surface area contributed by atoms with Crippen molar-refractivity contribution in [2.45, 2.75) is 39.1 Å². The number of carbonyl (C=O) groups is 2. The normalized spacial score (nSPS) is 14.8. The van der Waals surface area contributed by atoms with Gasteiger partial charge in [0.15, 0.2) is 17.6 Å². The van der Waals surface area contributed by atoms with Gasteiger partial charge in [-0.3, -0.25) is 5.32 Å². The maximum atomic E-state index is 12.2. The second-order valence-corrected chi connectivity index (χ2v) is 10.7. The molecular weight excluding hydrogens is 557 g/mol. The molecule has 1 atom stereocenters. The van der Waals surface area contributed by atoms with Crippen molar-refractivity contribution in [2.75, 3.05) is 13.7 Å². The maximum Gasteiger partial charge on any atom is 0.412 e. The third-order valence-corrected chi connectivity index (χ3v) is 6.36. The number of fused-ring (bicyclic) bond motifs is 1. The van der Waals surface area contributed by atoms with E-state index in [0.717, 1.165) is 11.1 Å². The number of hydrogen-bond acceptors (Lipinski definition) is 7. The summed E-state index contributed by atoms with van der Waals surface area (Å²) < 4.78 is 28.0. The fourth-order valence-corrected chi connectivity index (χ4v) is 4.07. The van der Waals surface area contributed by atoms with Gasteiger partial charge in [0, 0.05) is 0 Å². The first-order chi connectivity index (χ1) is 19.0. The molecular formula is C30H29Cl2NO7. The lowest BCUT2D eigenvalue weighted by Gasteiger charge is -2.27. The SMILES string of the molecule is COC(=O)/C(=C/c1ccc2c(c1)OC[C@H](c1ccc(OCc3ccc(Cl)c(Cl)c3)cc1)O2)NC(=O)OC(C)(C)C. The summed E-state index contributed by atoms with van der Waals surface area (Å²) in [5.74, 6) is 1.04. The van der Waals surface area contributed by atoms with Crippen LogP contribution in [0.1, 0.15) is 43.6 Å². The predicted octanol–water partition coefficient (Wildman–Crippen LogP) is 7.12. The van der Waals surface area contributed by atoms with E-state index < -0.39 is 17.7 Å². The van der Waals surface area contributed by atoms with Crippen LogP contribution in [0.3, 0.4) is 0 Å². The highest BCUT2D eigenvalue weighted by Crippen LogP contribution is 2.37. The Kier molecular flexibility index (Phi) is 9.12. The van der Waals surface area contributed by atoms with Gasteiger partial charge >= 0.3 is 12.1 Å². The molecule has 40 heavy (non-hydrogen) atoms. The van der Waals surface area contributed by atoms with Crippen LogP contribution in [0.2, 0.25) is 10.0 Å². The Balaban J connectivity index is 1.40. The number of amides is 1. The van der Waals surface area contributed by atoms with E-state index in [9.17, 15) is 9.59 Å². The summed E-state index contributed by atoms with van der Waals surface area (Å²) in [5, 5.41) is 3.42. The van der Waals surface area contributed by atoms with Gasteiger partial charge in [0.25, 0.3) is 0 Å². The van der Waals surface area contributed by atoms with Crippen molar-refractivity contribution in [1.29, 1.82) is 0 Å². The zero-order valence-electron chi connectivity index (χ0n) is 22.5. The van der Waals surface area contributed by atoms with Crippen LogP contribution < -0.4 is 19.5 Å². The molecule has 0 saturated heterocycles. The van der Waals surface area contributed by atoms with Crippen molar-refractivity contribution in [3.8, 4) is 17.2 Å². The van der Waals surface area contributed by atoms with Gasteiger partial charge in [0.05, 0.1) is 17.2 Å². The fraction of sp³-hybridized carbons (Fsp3) is 0.267. The minimum absolute atomic E-state index is 0.0761. The minimum Gasteiger partial charge on any atom is -0.489 e. The smallest absolute Gasteiger partial charge is 0.412 e. The Labute approximate surface area is 242 Å². The van der Waals surface area contributed by atoms with Crippen LogP contribution in [0.4, 0.5) is 4.79 Å². The van der Waals surface area contributed by atoms with Gasteiger partial charge in [0.2, 0.25) is 0 Å². The molecule has 0 radical (unpaired) electrons. The number of nitrogens with one attached hydrogen (secondary N) is 1. The standard InChI is InChI=1S/C30H29Cl2NO7/c1-30(2,3)40-29(35)33-24(28(34)36-4)14-18-6-12-25-26(15-18)38-17-27(39-25)20-7-9-21(10-8-20)37-16-19-5-11-22(31)23(32)13-19/h5-15,27H,16-17H2,1-4H3,(H,33,35)/b24-14-/t27-/m1/s1. The number of ether oxygens (including phenoxy) is 5. The Morgan fingerprint density at radius 2 is 1.75 bits per heavy atom. The first-order valence-corrected chi connectivity index (χ1v) is 13.2. The van der Waals surface area contributed by atoms with Crippen LogP contribution in [0, 0.1) is 0 Å². The van der Waals surface area contributed by atoms with E-state index in [1.54, 1.807) is 51.1 Å².